The maximum absolute atomic E-state index is 12.5. The van der Waals surface area contributed by atoms with Crippen molar-refractivity contribution in [1.29, 1.82) is 0 Å². The number of methoxy groups -OCH3 is 1. The van der Waals surface area contributed by atoms with E-state index in [0.717, 1.165) is 11.1 Å². The lowest BCUT2D eigenvalue weighted by molar-refractivity contribution is -0.113. The van der Waals surface area contributed by atoms with Crippen molar-refractivity contribution in [1.82, 2.24) is 14.8 Å². The van der Waals surface area contributed by atoms with Gasteiger partial charge in [0, 0.05) is 17.6 Å². The number of allylic oxidation sites excluding steroid dienone is 1. The van der Waals surface area contributed by atoms with Crippen LogP contribution in [0.4, 0.5) is 5.69 Å². The van der Waals surface area contributed by atoms with Gasteiger partial charge in [-0.15, -0.1) is 16.8 Å². The first kappa shape index (κ1) is 22.7. The van der Waals surface area contributed by atoms with Gasteiger partial charge in [0.2, 0.25) is 11.7 Å². The van der Waals surface area contributed by atoms with Crippen molar-refractivity contribution >= 4 is 34.3 Å². The number of carbonyl (C=O) groups is 1. The molecule has 8 heteroatoms. The van der Waals surface area contributed by atoms with Crippen LogP contribution in [-0.2, 0) is 11.3 Å². The van der Waals surface area contributed by atoms with Crippen LogP contribution in [0.15, 0.2) is 70.8 Å². The molecule has 2 aromatic carbocycles. The van der Waals surface area contributed by atoms with Crippen LogP contribution in [0.2, 0.25) is 0 Å². The van der Waals surface area contributed by atoms with E-state index in [1.54, 1.807) is 13.2 Å². The second-order valence-corrected chi connectivity index (χ2v) is 8.75. The molecule has 0 atom stereocenters. The summed E-state index contributed by atoms with van der Waals surface area (Å²) in [6, 6.07) is 15.5. The Labute approximate surface area is 196 Å². The fourth-order valence-corrected chi connectivity index (χ4v) is 4.21. The van der Waals surface area contributed by atoms with Crippen molar-refractivity contribution in [3.05, 3.63) is 66.7 Å². The van der Waals surface area contributed by atoms with E-state index in [0.29, 0.717) is 40.5 Å². The molecule has 0 spiro atoms. The second-order valence-electron chi connectivity index (χ2n) is 7.81. The normalized spacial score (nSPS) is 11.2. The molecule has 0 unspecified atom stereocenters. The molecule has 2 aromatic heterocycles. The first-order valence-corrected chi connectivity index (χ1v) is 11.6. The summed E-state index contributed by atoms with van der Waals surface area (Å²) in [7, 11) is 1.61. The van der Waals surface area contributed by atoms with Crippen LogP contribution in [0, 0.1) is 0 Å². The third-order valence-electron chi connectivity index (χ3n) is 5.17. The Kier molecular flexibility index (Phi) is 6.84. The lowest BCUT2D eigenvalue weighted by Gasteiger charge is -2.09. The summed E-state index contributed by atoms with van der Waals surface area (Å²) in [4.78, 5) is 12.5. The molecule has 0 bridgehead atoms. The molecule has 4 rings (SSSR count). The fraction of sp³-hybridized carbons (Fsp3) is 0.240. The quantitative estimate of drug-likeness (QED) is 0.252. The monoisotopic (exact) mass is 462 g/mol. The Balaban J connectivity index is 1.50. The summed E-state index contributed by atoms with van der Waals surface area (Å²) in [6.45, 7) is 8.60. The van der Waals surface area contributed by atoms with Gasteiger partial charge in [0.05, 0.1) is 12.9 Å². The van der Waals surface area contributed by atoms with Gasteiger partial charge in [-0.25, -0.2) is 0 Å². The van der Waals surface area contributed by atoms with E-state index in [2.05, 4.69) is 35.9 Å². The molecular weight excluding hydrogens is 436 g/mol. The van der Waals surface area contributed by atoms with E-state index in [4.69, 9.17) is 9.15 Å². The highest BCUT2D eigenvalue weighted by Gasteiger charge is 2.19. The number of hydrogen-bond acceptors (Lipinski definition) is 6. The molecule has 1 amide bonds. The number of rotatable bonds is 9. The molecule has 0 aliphatic heterocycles. The molecular formula is C25H26N4O3S. The van der Waals surface area contributed by atoms with Gasteiger partial charge in [-0.3, -0.25) is 9.36 Å². The number of anilines is 1. The average molecular weight is 463 g/mol. The number of thioether (sulfide) groups is 1. The van der Waals surface area contributed by atoms with Crippen molar-refractivity contribution in [2.75, 3.05) is 18.2 Å². The van der Waals surface area contributed by atoms with Gasteiger partial charge in [-0.1, -0.05) is 56.0 Å². The number of ether oxygens (including phenoxy) is 1. The van der Waals surface area contributed by atoms with Gasteiger partial charge in [-0.2, -0.15) is 0 Å². The number of nitrogens with zero attached hydrogens (tertiary/aromatic N) is 3. The van der Waals surface area contributed by atoms with E-state index in [-0.39, 0.29) is 11.7 Å². The minimum Gasteiger partial charge on any atom is -0.493 e. The van der Waals surface area contributed by atoms with Crippen LogP contribution in [0.5, 0.6) is 5.75 Å². The van der Waals surface area contributed by atoms with Crippen molar-refractivity contribution in [2.24, 2.45) is 0 Å². The molecule has 4 aromatic rings. The maximum Gasteiger partial charge on any atom is 0.234 e. The topological polar surface area (TPSA) is 82.2 Å². The Morgan fingerprint density at radius 3 is 2.73 bits per heavy atom. The molecule has 1 N–H and O–H groups in total. The predicted octanol–water partition coefficient (Wildman–Crippen LogP) is 5.74. The number of amides is 1. The number of aromatic nitrogens is 3. The van der Waals surface area contributed by atoms with Crippen LogP contribution in [0.1, 0.15) is 25.3 Å². The molecule has 0 aliphatic rings. The third-order valence-corrected chi connectivity index (χ3v) is 6.14. The van der Waals surface area contributed by atoms with Crippen molar-refractivity contribution in [3.8, 4) is 17.3 Å². The van der Waals surface area contributed by atoms with E-state index in [1.807, 2.05) is 53.1 Å². The number of para-hydroxylation sites is 1. The van der Waals surface area contributed by atoms with E-state index in [9.17, 15) is 4.79 Å². The largest absolute Gasteiger partial charge is 0.493 e. The maximum atomic E-state index is 12.5. The summed E-state index contributed by atoms with van der Waals surface area (Å²) < 4.78 is 13.3. The number of benzene rings is 2. The van der Waals surface area contributed by atoms with Gasteiger partial charge in [0.15, 0.2) is 22.2 Å². The Hall–Kier alpha value is -3.52. The van der Waals surface area contributed by atoms with Crippen LogP contribution in [0.3, 0.4) is 0 Å². The van der Waals surface area contributed by atoms with Crippen molar-refractivity contribution < 1.29 is 13.9 Å². The number of carbonyl (C=O) groups excluding carboxylic acids is 1. The van der Waals surface area contributed by atoms with E-state index < -0.39 is 0 Å². The highest BCUT2D eigenvalue weighted by atomic mass is 32.2. The Morgan fingerprint density at radius 1 is 1.24 bits per heavy atom. The zero-order chi connectivity index (χ0) is 23.4. The third kappa shape index (κ3) is 4.96. The summed E-state index contributed by atoms with van der Waals surface area (Å²) in [5.74, 6) is 2.34. The number of hydrogen-bond donors (Lipinski definition) is 1. The second kappa shape index (κ2) is 9.95. The highest BCUT2D eigenvalue weighted by molar-refractivity contribution is 7.99. The predicted molar refractivity (Wildman–Crippen MR) is 132 cm³/mol. The van der Waals surface area contributed by atoms with Crippen LogP contribution < -0.4 is 10.1 Å². The van der Waals surface area contributed by atoms with E-state index in [1.165, 1.54) is 17.3 Å². The standard InChI is InChI=1S/C25H26N4O3S/c1-5-13-29-24(21-14-18-7-6-8-20(31-4)23(18)32-21)27-28-25(29)33-15-22(30)26-19-11-9-17(10-12-19)16(2)3/h5-12,14,16H,1,13,15H2,2-4H3,(H,26,30). The average Bonchev–Trinajstić information content (AvgIpc) is 3.42. The molecule has 0 aliphatic carbocycles. The lowest BCUT2D eigenvalue weighted by Crippen LogP contribution is -2.14. The molecule has 2 heterocycles. The zero-order valence-electron chi connectivity index (χ0n) is 18.9. The van der Waals surface area contributed by atoms with Crippen LogP contribution in [0.25, 0.3) is 22.6 Å². The molecule has 0 radical (unpaired) electrons. The molecule has 170 valence electrons. The van der Waals surface area contributed by atoms with Gasteiger partial charge < -0.3 is 14.5 Å². The van der Waals surface area contributed by atoms with Crippen molar-refractivity contribution in [2.45, 2.75) is 31.5 Å². The first-order valence-electron chi connectivity index (χ1n) is 10.6. The summed E-state index contributed by atoms with van der Waals surface area (Å²) in [6.07, 6.45) is 1.76. The van der Waals surface area contributed by atoms with Gasteiger partial charge in [0.25, 0.3) is 0 Å². The first-order chi connectivity index (χ1) is 16.0. The highest BCUT2D eigenvalue weighted by Crippen LogP contribution is 2.34. The zero-order valence-corrected chi connectivity index (χ0v) is 19.7. The van der Waals surface area contributed by atoms with Crippen LogP contribution >= 0.6 is 11.8 Å². The van der Waals surface area contributed by atoms with Gasteiger partial charge in [0.1, 0.15) is 0 Å². The molecule has 7 nitrogen and oxygen atoms in total. The SMILES string of the molecule is C=CCn1c(SCC(=O)Nc2ccc(C(C)C)cc2)nnc1-c1cc2cccc(OC)c2o1. The Bertz CT molecular complexity index is 1270. The number of nitrogens with one attached hydrogen (secondary N) is 1. The Morgan fingerprint density at radius 2 is 2.03 bits per heavy atom. The molecule has 0 saturated carbocycles. The smallest absolute Gasteiger partial charge is 0.234 e. The molecule has 0 fully saturated rings. The van der Waals surface area contributed by atoms with E-state index >= 15 is 0 Å². The minimum absolute atomic E-state index is 0.111. The number of furan rings is 1. The summed E-state index contributed by atoms with van der Waals surface area (Å²) in [5, 5.41) is 13.1. The fourth-order valence-electron chi connectivity index (χ4n) is 3.46. The van der Waals surface area contributed by atoms with Gasteiger partial charge in [-0.05, 0) is 35.7 Å². The molecule has 33 heavy (non-hydrogen) atoms. The number of fused-ring (bicyclic) bond motifs is 1. The summed E-state index contributed by atoms with van der Waals surface area (Å²) in [5.41, 5.74) is 2.66. The minimum atomic E-state index is -0.111. The summed E-state index contributed by atoms with van der Waals surface area (Å²) >= 11 is 1.32. The van der Waals surface area contributed by atoms with Crippen molar-refractivity contribution in [3.63, 3.8) is 0 Å². The van der Waals surface area contributed by atoms with Crippen LogP contribution in [-0.4, -0.2) is 33.5 Å². The van der Waals surface area contributed by atoms with Gasteiger partial charge >= 0.3 is 0 Å². The molecule has 0 saturated heterocycles. The lowest BCUT2D eigenvalue weighted by atomic mass is 10.0.